The highest BCUT2D eigenvalue weighted by atomic mass is 32.2. The van der Waals surface area contributed by atoms with Crippen molar-refractivity contribution in [3.63, 3.8) is 0 Å². The van der Waals surface area contributed by atoms with Crippen LogP contribution in [0.3, 0.4) is 0 Å². The minimum absolute atomic E-state index is 0.906. The Kier molecular flexibility index (Phi) is 2.00. The van der Waals surface area contributed by atoms with Gasteiger partial charge >= 0.3 is 0 Å². The molecule has 0 aromatic heterocycles. The lowest BCUT2D eigenvalue weighted by Gasteiger charge is -2.27. The van der Waals surface area contributed by atoms with E-state index >= 15 is 0 Å². The van der Waals surface area contributed by atoms with Gasteiger partial charge in [0.15, 0.2) is 0 Å². The molecule has 0 bridgehead atoms. The lowest BCUT2D eigenvalue weighted by atomic mass is 10.1. The molecule has 0 aromatic rings. The zero-order chi connectivity index (χ0) is 6.81. The molecule has 2 aliphatic heterocycles. The highest BCUT2D eigenvalue weighted by Gasteiger charge is 2.22. The van der Waals surface area contributed by atoms with E-state index in [1.165, 1.54) is 23.2 Å². The van der Waals surface area contributed by atoms with Gasteiger partial charge in [-0.1, -0.05) is 6.08 Å². The first-order valence-corrected chi connectivity index (χ1v) is 4.88. The summed E-state index contributed by atoms with van der Waals surface area (Å²) in [6.45, 7) is 0.906. The summed E-state index contributed by atoms with van der Waals surface area (Å²) in [7, 11) is 0. The normalized spacial score (nSPS) is 27.4. The van der Waals surface area contributed by atoms with Crippen molar-refractivity contribution in [1.82, 2.24) is 0 Å². The van der Waals surface area contributed by atoms with Gasteiger partial charge in [-0.2, -0.15) is 11.8 Å². The smallest absolute Gasteiger partial charge is 0.123 e. The Morgan fingerprint density at radius 3 is 3.40 bits per heavy atom. The largest absolute Gasteiger partial charge is 0.367 e. The average molecular weight is 155 g/mol. The molecular formula is C8H11OS. The van der Waals surface area contributed by atoms with E-state index in [0.717, 1.165) is 19.4 Å². The lowest BCUT2D eigenvalue weighted by molar-refractivity contribution is 0.147. The molecule has 1 nitrogen and oxygen atoms in total. The second kappa shape index (κ2) is 2.97. The zero-order valence-electron chi connectivity index (χ0n) is 5.93. The van der Waals surface area contributed by atoms with Crippen molar-refractivity contribution in [3.8, 4) is 0 Å². The maximum Gasteiger partial charge on any atom is 0.123 e. The number of ether oxygens (including phenoxy) is 1. The van der Waals surface area contributed by atoms with Crippen LogP contribution in [0.2, 0.25) is 0 Å². The highest BCUT2D eigenvalue weighted by molar-refractivity contribution is 7.99. The van der Waals surface area contributed by atoms with Gasteiger partial charge in [-0.05, 0) is 24.2 Å². The van der Waals surface area contributed by atoms with Crippen LogP contribution in [0.5, 0.6) is 0 Å². The minimum atomic E-state index is 0.906. The molecule has 2 heterocycles. The molecule has 0 saturated carbocycles. The van der Waals surface area contributed by atoms with E-state index in [2.05, 4.69) is 6.08 Å². The molecule has 0 unspecified atom stereocenters. The summed E-state index contributed by atoms with van der Waals surface area (Å²) in [6.07, 6.45) is 5.85. The Hall–Kier alpha value is 0.0500. The molecule has 0 atom stereocenters. The average Bonchev–Trinajstić information content (AvgIpc) is 2.05. The van der Waals surface area contributed by atoms with E-state index in [1.54, 1.807) is 0 Å². The number of fused-ring (bicyclic) bond motifs is 1. The SMILES string of the molecule is C1=C2CSCC[C]2OCC1. The summed E-state index contributed by atoms with van der Waals surface area (Å²) in [4.78, 5) is 0. The Bertz CT molecular complexity index is 153. The van der Waals surface area contributed by atoms with Crippen LogP contribution >= 0.6 is 11.8 Å². The van der Waals surface area contributed by atoms with Crippen LogP contribution in [0.15, 0.2) is 11.6 Å². The fraction of sp³-hybridized carbons (Fsp3) is 0.625. The Labute approximate surface area is 65.8 Å². The van der Waals surface area contributed by atoms with Gasteiger partial charge in [0.05, 0.1) is 6.61 Å². The van der Waals surface area contributed by atoms with Crippen LogP contribution in [-0.4, -0.2) is 18.1 Å². The van der Waals surface area contributed by atoms with E-state index in [0.29, 0.717) is 0 Å². The molecule has 0 spiro atoms. The van der Waals surface area contributed by atoms with Crippen molar-refractivity contribution in [2.24, 2.45) is 0 Å². The fourth-order valence-corrected chi connectivity index (χ4v) is 2.31. The molecule has 2 rings (SSSR count). The highest BCUT2D eigenvalue weighted by Crippen LogP contribution is 2.33. The molecule has 1 radical (unpaired) electrons. The third-order valence-corrected chi connectivity index (χ3v) is 2.88. The summed E-state index contributed by atoms with van der Waals surface area (Å²) in [5.41, 5.74) is 1.46. The van der Waals surface area contributed by atoms with Crippen molar-refractivity contribution >= 4 is 11.8 Å². The summed E-state index contributed by atoms with van der Waals surface area (Å²) in [6, 6.07) is 0. The molecule has 0 amide bonds. The minimum Gasteiger partial charge on any atom is -0.367 e. The summed E-state index contributed by atoms with van der Waals surface area (Å²) in [5.74, 6) is 2.42. The molecule has 55 valence electrons. The number of rotatable bonds is 0. The number of thioether (sulfide) groups is 1. The van der Waals surface area contributed by atoms with Crippen LogP contribution in [0.4, 0.5) is 0 Å². The fourth-order valence-electron chi connectivity index (χ4n) is 1.34. The van der Waals surface area contributed by atoms with E-state index in [9.17, 15) is 0 Å². The molecule has 0 N–H and O–H groups in total. The first-order valence-electron chi connectivity index (χ1n) is 3.72. The Morgan fingerprint density at radius 2 is 2.50 bits per heavy atom. The molecule has 2 aliphatic rings. The third-order valence-electron chi connectivity index (χ3n) is 1.87. The van der Waals surface area contributed by atoms with Gasteiger partial charge in [-0.3, -0.25) is 0 Å². The molecule has 0 aromatic carbocycles. The second-order valence-corrected chi connectivity index (χ2v) is 3.70. The number of hydrogen-bond acceptors (Lipinski definition) is 2. The second-order valence-electron chi connectivity index (χ2n) is 2.59. The van der Waals surface area contributed by atoms with Crippen molar-refractivity contribution in [3.05, 3.63) is 17.8 Å². The van der Waals surface area contributed by atoms with Gasteiger partial charge in [0.1, 0.15) is 6.10 Å². The Balaban J connectivity index is 2.08. The molecular weight excluding hydrogens is 144 g/mol. The molecule has 1 saturated heterocycles. The predicted octanol–water partition coefficient (Wildman–Crippen LogP) is 2.00. The maximum atomic E-state index is 5.52. The first-order chi connectivity index (χ1) is 4.97. The van der Waals surface area contributed by atoms with Gasteiger partial charge in [-0.25, -0.2) is 0 Å². The van der Waals surface area contributed by atoms with Crippen LogP contribution < -0.4 is 0 Å². The van der Waals surface area contributed by atoms with Crippen molar-refractivity contribution in [1.29, 1.82) is 0 Å². The standard InChI is InChI=1S/C8H11OS/c1-2-7-6-10-5-3-8(7)9-4-1/h2H,1,3-6H2. The quantitative estimate of drug-likeness (QED) is 0.529. The predicted molar refractivity (Wildman–Crippen MR) is 43.8 cm³/mol. The Morgan fingerprint density at radius 1 is 1.50 bits per heavy atom. The monoisotopic (exact) mass is 155 g/mol. The van der Waals surface area contributed by atoms with Crippen LogP contribution in [0.25, 0.3) is 0 Å². The van der Waals surface area contributed by atoms with E-state index in [4.69, 9.17) is 4.74 Å². The van der Waals surface area contributed by atoms with E-state index in [1.807, 2.05) is 11.8 Å². The third kappa shape index (κ3) is 1.23. The van der Waals surface area contributed by atoms with Crippen LogP contribution in [0.1, 0.15) is 12.8 Å². The molecule has 1 fully saturated rings. The van der Waals surface area contributed by atoms with Crippen LogP contribution in [0, 0.1) is 6.10 Å². The first kappa shape index (κ1) is 6.74. The van der Waals surface area contributed by atoms with Gasteiger partial charge in [0, 0.05) is 5.75 Å². The van der Waals surface area contributed by atoms with Gasteiger partial charge < -0.3 is 4.74 Å². The van der Waals surface area contributed by atoms with Gasteiger partial charge in [-0.15, -0.1) is 0 Å². The van der Waals surface area contributed by atoms with Gasteiger partial charge in [0.25, 0.3) is 0 Å². The molecule has 0 aliphatic carbocycles. The zero-order valence-corrected chi connectivity index (χ0v) is 6.75. The molecule has 10 heavy (non-hydrogen) atoms. The van der Waals surface area contributed by atoms with Crippen molar-refractivity contribution < 1.29 is 4.74 Å². The summed E-state index contributed by atoms with van der Waals surface area (Å²) >= 11 is 2.01. The topological polar surface area (TPSA) is 9.23 Å². The molecule has 2 heteroatoms. The number of hydrogen-bond donors (Lipinski definition) is 0. The van der Waals surface area contributed by atoms with E-state index < -0.39 is 0 Å². The van der Waals surface area contributed by atoms with Crippen LogP contribution in [-0.2, 0) is 4.74 Å². The maximum absolute atomic E-state index is 5.52. The summed E-state index contributed by atoms with van der Waals surface area (Å²) < 4.78 is 5.52. The lowest BCUT2D eigenvalue weighted by Crippen LogP contribution is -2.18. The van der Waals surface area contributed by atoms with E-state index in [-0.39, 0.29) is 0 Å². The van der Waals surface area contributed by atoms with Crippen molar-refractivity contribution in [2.75, 3.05) is 18.1 Å². The van der Waals surface area contributed by atoms with Gasteiger partial charge in [0.2, 0.25) is 0 Å². The van der Waals surface area contributed by atoms with Crippen molar-refractivity contribution in [2.45, 2.75) is 12.8 Å². The summed E-state index contributed by atoms with van der Waals surface area (Å²) in [5, 5.41) is 0.